The summed E-state index contributed by atoms with van der Waals surface area (Å²) >= 11 is 1.48. The van der Waals surface area contributed by atoms with E-state index < -0.39 is 16.5 Å². The van der Waals surface area contributed by atoms with Gasteiger partial charge in [0.15, 0.2) is 0 Å². The number of hydrogen-bond acceptors (Lipinski definition) is 3. The molecule has 0 aromatic heterocycles. The molecule has 0 spiro atoms. The highest BCUT2D eigenvalue weighted by Gasteiger charge is 2.41. The molecule has 0 radical (unpaired) electrons. The van der Waals surface area contributed by atoms with Crippen LogP contribution < -0.4 is 10.3 Å². The van der Waals surface area contributed by atoms with Crippen molar-refractivity contribution in [2.24, 2.45) is 5.10 Å². The number of nitrogens with one attached hydrogen (secondary N) is 2. The summed E-state index contributed by atoms with van der Waals surface area (Å²) in [4.78, 5) is 1.03. The molecule has 168 valence electrons. The van der Waals surface area contributed by atoms with Crippen molar-refractivity contribution in [2.45, 2.75) is 70.3 Å². The Balaban J connectivity index is 1.83. The van der Waals surface area contributed by atoms with E-state index in [2.05, 4.69) is 64.2 Å². The average molecular weight is 447 g/mol. The lowest BCUT2D eigenvalue weighted by molar-refractivity contribution is -0.989. The minimum Gasteiger partial charge on any atom is -0.327 e. The summed E-state index contributed by atoms with van der Waals surface area (Å²) in [5.74, 6) is -0.930. The first kappa shape index (κ1) is 23.7. The SMILES string of the molecule is CC(C)(C)[NH+](CCCC1(c2ccccc2)NN=C(c2cc(F)ccc2F)S1)C(C)(C)C. The molecule has 0 amide bonds. The number of benzene rings is 2. The molecule has 3 rings (SSSR count). The number of halogens is 2. The monoisotopic (exact) mass is 446 g/mol. The van der Waals surface area contributed by atoms with Crippen LogP contribution in [0.25, 0.3) is 0 Å². The molecule has 2 aromatic carbocycles. The zero-order chi connectivity index (χ0) is 22.9. The third kappa shape index (κ3) is 5.47. The smallest absolute Gasteiger partial charge is 0.133 e. The lowest BCUT2D eigenvalue weighted by atomic mass is 9.94. The quantitative estimate of drug-likeness (QED) is 0.648. The maximum atomic E-state index is 14.4. The minimum absolute atomic E-state index is 0.126. The highest BCUT2D eigenvalue weighted by molar-refractivity contribution is 8.15. The van der Waals surface area contributed by atoms with Gasteiger partial charge in [0.1, 0.15) is 21.5 Å². The number of hydrazone groups is 1. The van der Waals surface area contributed by atoms with E-state index in [1.165, 1.54) is 22.7 Å². The minimum atomic E-state index is -0.504. The summed E-state index contributed by atoms with van der Waals surface area (Å²) in [7, 11) is 0. The average Bonchev–Trinajstić information content (AvgIpc) is 3.11. The van der Waals surface area contributed by atoms with Gasteiger partial charge in [0.05, 0.1) is 17.6 Å². The molecule has 1 unspecified atom stereocenters. The number of quaternary nitrogens is 1. The second kappa shape index (κ2) is 8.91. The molecule has 1 heterocycles. The molecule has 6 heteroatoms. The Morgan fingerprint density at radius 2 is 1.61 bits per heavy atom. The van der Waals surface area contributed by atoms with E-state index in [0.717, 1.165) is 37.1 Å². The normalized spacial score (nSPS) is 19.5. The van der Waals surface area contributed by atoms with Gasteiger partial charge in [-0.25, -0.2) is 8.78 Å². The van der Waals surface area contributed by atoms with Crippen LogP contribution in [0.15, 0.2) is 53.6 Å². The molecule has 3 nitrogen and oxygen atoms in total. The molecule has 1 aliphatic heterocycles. The van der Waals surface area contributed by atoms with Gasteiger partial charge in [-0.2, -0.15) is 5.10 Å². The molecule has 0 fully saturated rings. The van der Waals surface area contributed by atoms with Crippen LogP contribution in [-0.2, 0) is 4.87 Å². The van der Waals surface area contributed by atoms with E-state index in [1.807, 2.05) is 18.2 Å². The van der Waals surface area contributed by atoms with Gasteiger partial charge in [-0.15, -0.1) is 0 Å². The molecular weight excluding hydrogens is 412 g/mol. The summed E-state index contributed by atoms with van der Waals surface area (Å²) < 4.78 is 28.2. The Bertz CT molecular complexity index is 918. The molecule has 0 aliphatic carbocycles. The summed E-state index contributed by atoms with van der Waals surface area (Å²) in [6.45, 7) is 14.7. The van der Waals surface area contributed by atoms with Gasteiger partial charge in [-0.3, -0.25) is 5.43 Å². The first-order valence-corrected chi connectivity index (χ1v) is 11.7. The van der Waals surface area contributed by atoms with E-state index in [9.17, 15) is 8.78 Å². The van der Waals surface area contributed by atoms with E-state index in [-0.39, 0.29) is 16.6 Å². The number of thioether (sulfide) groups is 1. The lowest BCUT2D eigenvalue weighted by Crippen LogP contribution is -3.24. The largest absolute Gasteiger partial charge is 0.327 e. The van der Waals surface area contributed by atoms with E-state index >= 15 is 0 Å². The van der Waals surface area contributed by atoms with Gasteiger partial charge in [0.25, 0.3) is 0 Å². The number of hydrogen-bond donors (Lipinski definition) is 2. The Morgan fingerprint density at radius 1 is 0.968 bits per heavy atom. The van der Waals surface area contributed by atoms with Crippen LogP contribution >= 0.6 is 11.8 Å². The van der Waals surface area contributed by atoms with Crippen molar-refractivity contribution in [1.29, 1.82) is 0 Å². The third-order valence-corrected chi connectivity index (χ3v) is 7.16. The predicted molar refractivity (Wildman–Crippen MR) is 126 cm³/mol. The Kier molecular flexibility index (Phi) is 6.82. The second-order valence-corrected chi connectivity index (χ2v) is 11.6. The maximum absolute atomic E-state index is 14.4. The van der Waals surface area contributed by atoms with E-state index in [0.29, 0.717) is 5.04 Å². The van der Waals surface area contributed by atoms with Crippen LogP contribution in [0.3, 0.4) is 0 Å². The third-order valence-electron chi connectivity index (χ3n) is 5.77. The first-order valence-electron chi connectivity index (χ1n) is 10.8. The van der Waals surface area contributed by atoms with Gasteiger partial charge in [-0.1, -0.05) is 42.1 Å². The number of nitrogens with zero attached hydrogens (tertiary/aromatic N) is 1. The highest BCUT2D eigenvalue weighted by atomic mass is 32.2. The standard InChI is InChI=1S/C25H33F2N3S/c1-23(2,3)30(24(4,5)6)16-10-15-25(18-11-8-7-9-12-18)29-28-22(31-25)20-17-19(26)13-14-21(20)27/h7-9,11-14,17,29H,10,15-16H2,1-6H3/p+1. The summed E-state index contributed by atoms with van der Waals surface area (Å²) in [6.07, 6.45) is 1.79. The fraction of sp³-hybridized carbons (Fsp3) is 0.480. The van der Waals surface area contributed by atoms with E-state index in [1.54, 1.807) is 0 Å². The van der Waals surface area contributed by atoms with Crippen molar-refractivity contribution in [3.05, 3.63) is 71.3 Å². The topological polar surface area (TPSA) is 28.8 Å². The summed E-state index contributed by atoms with van der Waals surface area (Å²) in [5.41, 5.74) is 4.82. The number of rotatable bonds is 6. The Morgan fingerprint density at radius 3 is 2.23 bits per heavy atom. The van der Waals surface area contributed by atoms with Crippen LogP contribution in [0.2, 0.25) is 0 Å². The molecule has 0 saturated heterocycles. The van der Waals surface area contributed by atoms with Crippen molar-refractivity contribution in [3.8, 4) is 0 Å². The van der Waals surface area contributed by atoms with Crippen molar-refractivity contribution in [2.75, 3.05) is 6.54 Å². The lowest BCUT2D eigenvalue weighted by Gasteiger charge is -2.42. The van der Waals surface area contributed by atoms with Gasteiger partial charge >= 0.3 is 0 Å². The summed E-state index contributed by atoms with van der Waals surface area (Å²) in [5, 5.41) is 4.93. The van der Waals surface area contributed by atoms with Crippen LogP contribution in [0.5, 0.6) is 0 Å². The van der Waals surface area contributed by atoms with E-state index in [4.69, 9.17) is 0 Å². The Labute approximate surface area is 189 Å². The van der Waals surface area contributed by atoms with Crippen molar-refractivity contribution in [3.63, 3.8) is 0 Å². The van der Waals surface area contributed by atoms with Crippen LogP contribution in [0, 0.1) is 11.6 Å². The highest BCUT2D eigenvalue weighted by Crippen LogP contribution is 2.44. The van der Waals surface area contributed by atoms with Crippen LogP contribution in [0.1, 0.15) is 65.5 Å². The molecule has 0 bridgehead atoms. The van der Waals surface area contributed by atoms with Crippen molar-refractivity contribution in [1.82, 2.24) is 5.43 Å². The van der Waals surface area contributed by atoms with Crippen LogP contribution in [-0.4, -0.2) is 22.7 Å². The van der Waals surface area contributed by atoms with Crippen molar-refractivity contribution < 1.29 is 13.7 Å². The van der Waals surface area contributed by atoms with Crippen molar-refractivity contribution >= 4 is 16.8 Å². The second-order valence-electron chi connectivity index (χ2n) is 10.3. The molecule has 1 atom stereocenters. The van der Waals surface area contributed by atoms with Gasteiger partial charge < -0.3 is 4.90 Å². The Hall–Kier alpha value is -1.92. The van der Waals surface area contributed by atoms with Crippen LogP contribution in [0.4, 0.5) is 8.78 Å². The van der Waals surface area contributed by atoms with Gasteiger partial charge in [0.2, 0.25) is 0 Å². The fourth-order valence-electron chi connectivity index (χ4n) is 4.60. The molecule has 31 heavy (non-hydrogen) atoms. The zero-order valence-electron chi connectivity index (χ0n) is 19.4. The molecule has 0 saturated carbocycles. The zero-order valence-corrected chi connectivity index (χ0v) is 20.2. The molecule has 2 aromatic rings. The maximum Gasteiger partial charge on any atom is 0.133 e. The first-order chi connectivity index (χ1) is 14.4. The molecule has 2 N–H and O–H groups in total. The van der Waals surface area contributed by atoms with Gasteiger partial charge in [0, 0.05) is 5.56 Å². The fourth-order valence-corrected chi connectivity index (χ4v) is 5.88. The molecular formula is C25H34F2N3S+. The van der Waals surface area contributed by atoms with Gasteiger partial charge in [-0.05, 0) is 78.1 Å². The summed E-state index contributed by atoms with van der Waals surface area (Å²) in [6, 6.07) is 13.6. The predicted octanol–water partition coefficient (Wildman–Crippen LogP) is 5.08. The molecule has 1 aliphatic rings.